The highest BCUT2D eigenvalue weighted by molar-refractivity contribution is 4.82. The maximum atomic E-state index is 5.75. The summed E-state index contributed by atoms with van der Waals surface area (Å²) in [5.41, 5.74) is 0.460. The van der Waals surface area contributed by atoms with Crippen LogP contribution in [-0.4, -0.2) is 36.7 Å². The summed E-state index contributed by atoms with van der Waals surface area (Å²) in [6, 6.07) is 0. The number of rotatable bonds is 4. The molecule has 96 valence electrons. The second-order valence-corrected chi connectivity index (χ2v) is 7.37. The predicted molar refractivity (Wildman–Crippen MR) is 69.7 cm³/mol. The van der Waals surface area contributed by atoms with Crippen molar-refractivity contribution >= 4 is 0 Å². The van der Waals surface area contributed by atoms with Gasteiger partial charge in [-0.1, -0.05) is 20.8 Å². The van der Waals surface area contributed by atoms with E-state index in [0.29, 0.717) is 5.41 Å². The molecule has 0 unspecified atom stereocenters. The Bertz CT molecular complexity index is 203. The predicted octanol–water partition coefficient (Wildman–Crippen LogP) is 3.17. The zero-order valence-electron chi connectivity index (χ0n) is 12.0. The van der Waals surface area contributed by atoms with E-state index in [4.69, 9.17) is 4.74 Å². The number of nitrogens with zero attached hydrogens (tertiary/aromatic N) is 1. The Morgan fingerprint density at radius 3 is 2.06 bits per heavy atom. The number of ether oxygens (including phenoxy) is 1. The fraction of sp³-hybridized carbons (Fsp3) is 1.00. The van der Waals surface area contributed by atoms with Gasteiger partial charge in [0.05, 0.1) is 5.60 Å². The van der Waals surface area contributed by atoms with Crippen molar-refractivity contribution in [1.82, 2.24) is 4.90 Å². The van der Waals surface area contributed by atoms with Crippen LogP contribution in [0.5, 0.6) is 0 Å². The van der Waals surface area contributed by atoms with Crippen LogP contribution in [0.1, 0.15) is 48.0 Å². The van der Waals surface area contributed by atoms with Crippen molar-refractivity contribution in [3.8, 4) is 0 Å². The molecule has 0 amide bonds. The van der Waals surface area contributed by atoms with E-state index in [1.54, 1.807) is 0 Å². The van der Waals surface area contributed by atoms with Gasteiger partial charge in [-0.3, -0.25) is 0 Å². The minimum atomic E-state index is 0.0227. The van der Waals surface area contributed by atoms with Crippen LogP contribution in [0, 0.1) is 11.3 Å². The Hall–Kier alpha value is -0.0800. The minimum absolute atomic E-state index is 0.0227. The Kier molecular flexibility index (Phi) is 4.42. The van der Waals surface area contributed by atoms with E-state index < -0.39 is 0 Å². The van der Waals surface area contributed by atoms with Gasteiger partial charge in [-0.15, -0.1) is 0 Å². The van der Waals surface area contributed by atoms with Crippen LogP contribution < -0.4 is 0 Å². The zero-order valence-corrected chi connectivity index (χ0v) is 12.0. The van der Waals surface area contributed by atoms with Gasteiger partial charge in [0.1, 0.15) is 0 Å². The molecule has 1 rings (SSSR count). The molecule has 0 aromatic heterocycles. The molecule has 2 heteroatoms. The van der Waals surface area contributed by atoms with Crippen LogP contribution in [0.15, 0.2) is 0 Å². The number of hydrogen-bond donors (Lipinski definition) is 0. The van der Waals surface area contributed by atoms with Gasteiger partial charge in [0.2, 0.25) is 0 Å². The average molecular weight is 227 g/mol. The second-order valence-electron chi connectivity index (χ2n) is 7.37. The third-order valence-corrected chi connectivity index (χ3v) is 2.79. The summed E-state index contributed by atoms with van der Waals surface area (Å²) in [5.74, 6) is 0.865. The molecule has 0 atom stereocenters. The van der Waals surface area contributed by atoms with Gasteiger partial charge in [-0.2, -0.15) is 0 Å². The zero-order chi connectivity index (χ0) is 12.4. The Morgan fingerprint density at radius 2 is 1.62 bits per heavy atom. The molecule has 0 saturated carbocycles. The van der Waals surface area contributed by atoms with Crippen LogP contribution in [0.4, 0.5) is 0 Å². The Morgan fingerprint density at radius 1 is 1.06 bits per heavy atom. The molecule has 0 aromatic carbocycles. The monoisotopic (exact) mass is 227 g/mol. The van der Waals surface area contributed by atoms with Gasteiger partial charge in [0.25, 0.3) is 0 Å². The highest BCUT2D eigenvalue weighted by atomic mass is 16.5. The van der Waals surface area contributed by atoms with Gasteiger partial charge >= 0.3 is 0 Å². The van der Waals surface area contributed by atoms with E-state index in [1.807, 2.05) is 0 Å². The lowest BCUT2D eigenvalue weighted by molar-refractivity contribution is -0.0260. The van der Waals surface area contributed by atoms with Crippen LogP contribution in [0.2, 0.25) is 0 Å². The van der Waals surface area contributed by atoms with Gasteiger partial charge in [-0.25, -0.2) is 0 Å². The van der Waals surface area contributed by atoms with Crippen LogP contribution in [-0.2, 0) is 4.74 Å². The molecule has 0 aliphatic carbocycles. The summed E-state index contributed by atoms with van der Waals surface area (Å²) >= 11 is 0. The van der Waals surface area contributed by atoms with Gasteiger partial charge in [-0.05, 0) is 38.5 Å². The molecule has 1 aliphatic heterocycles. The SMILES string of the molecule is CC(C)(C)CN1CC(CCOC(C)(C)C)C1. The molecule has 1 saturated heterocycles. The van der Waals surface area contributed by atoms with Crippen LogP contribution in [0.3, 0.4) is 0 Å². The van der Waals surface area contributed by atoms with Crippen LogP contribution in [0.25, 0.3) is 0 Å². The molecular weight excluding hydrogens is 198 g/mol. The summed E-state index contributed by atoms with van der Waals surface area (Å²) in [6.45, 7) is 18.0. The molecule has 0 spiro atoms. The van der Waals surface area contributed by atoms with Crippen molar-refractivity contribution in [2.75, 3.05) is 26.2 Å². The molecule has 1 fully saturated rings. The fourth-order valence-electron chi connectivity index (χ4n) is 2.19. The maximum absolute atomic E-state index is 5.75. The van der Waals surface area contributed by atoms with E-state index >= 15 is 0 Å². The molecular formula is C14H29NO. The molecule has 0 radical (unpaired) electrons. The van der Waals surface area contributed by atoms with E-state index in [0.717, 1.165) is 12.5 Å². The first-order valence-electron chi connectivity index (χ1n) is 6.52. The lowest BCUT2D eigenvalue weighted by atomic mass is 9.90. The molecule has 0 bridgehead atoms. The second kappa shape index (κ2) is 5.05. The van der Waals surface area contributed by atoms with Crippen molar-refractivity contribution in [3.05, 3.63) is 0 Å². The minimum Gasteiger partial charge on any atom is -0.376 e. The molecule has 1 heterocycles. The van der Waals surface area contributed by atoms with Gasteiger partial charge in [0, 0.05) is 26.2 Å². The fourth-order valence-corrected chi connectivity index (χ4v) is 2.19. The summed E-state index contributed by atoms with van der Waals surface area (Å²) in [6.07, 6.45) is 1.22. The molecule has 1 aliphatic rings. The van der Waals surface area contributed by atoms with Crippen molar-refractivity contribution in [2.45, 2.75) is 53.6 Å². The van der Waals surface area contributed by atoms with Gasteiger partial charge in [0.15, 0.2) is 0 Å². The number of likely N-dealkylation sites (tertiary alicyclic amines) is 1. The van der Waals surface area contributed by atoms with Crippen molar-refractivity contribution in [1.29, 1.82) is 0 Å². The summed E-state index contributed by atoms with van der Waals surface area (Å²) in [5, 5.41) is 0. The van der Waals surface area contributed by atoms with Crippen LogP contribution >= 0.6 is 0 Å². The van der Waals surface area contributed by atoms with Crippen molar-refractivity contribution < 1.29 is 4.74 Å². The molecule has 16 heavy (non-hydrogen) atoms. The van der Waals surface area contributed by atoms with E-state index in [9.17, 15) is 0 Å². The lowest BCUT2D eigenvalue weighted by Gasteiger charge is -2.43. The standard InChI is InChI=1S/C14H29NO/c1-13(2,3)11-15-9-12(10-15)7-8-16-14(4,5)6/h12H,7-11H2,1-6H3. The first kappa shape index (κ1) is 14.0. The molecule has 0 N–H and O–H groups in total. The maximum Gasteiger partial charge on any atom is 0.0598 e. The smallest absolute Gasteiger partial charge is 0.0598 e. The highest BCUT2D eigenvalue weighted by Crippen LogP contribution is 2.25. The van der Waals surface area contributed by atoms with E-state index in [1.165, 1.54) is 26.1 Å². The third-order valence-electron chi connectivity index (χ3n) is 2.79. The third kappa shape index (κ3) is 5.86. The van der Waals surface area contributed by atoms with Gasteiger partial charge < -0.3 is 9.64 Å². The summed E-state index contributed by atoms with van der Waals surface area (Å²) in [7, 11) is 0. The molecule has 2 nitrogen and oxygen atoms in total. The van der Waals surface area contributed by atoms with Crippen molar-refractivity contribution in [3.63, 3.8) is 0 Å². The summed E-state index contributed by atoms with van der Waals surface area (Å²) < 4.78 is 5.75. The average Bonchev–Trinajstić information content (AvgIpc) is 1.94. The first-order valence-corrected chi connectivity index (χ1v) is 6.52. The van der Waals surface area contributed by atoms with Crippen molar-refractivity contribution in [2.24, 2.45) is 11.3 Å². The first-order chi connectivity index (χ1) is 7.16. The van der Waals surface area contributed by atoms with E-state index in [-0.39, 0.29) is 5.60 Å². The van der Waals surface area contributed by atoms with E-state index in [2.05, 4.69) is 46.4 Å². The topological polar surface area (TPSA) is 12.5 Å². The lowest BCUT2D eigenvalue weighted by Crippen LogP contribution is -2.50. The quantitative estimate of drug-likeness (QED) is 0.731. The largest absolute Gasteiger partial charge is 0.376 e. The Balaban J connectivity index is 2.04. The Labute approximate surface area is 101 Å². The molecule has 0 aromatic rings. The number of hydrogen-bond acceptors (Lipinski definition) is 2. The highest BCUT2D eigenvalue weighted by Gasteiger charge is 2.29. The summed E-state index contributed by atoms with van der Waals surface area (Å²) in [4.78, 5) is 2.56. The normalized spacial score (nSPS) is 19.9.